The fourth-order valence-electron chi connectivity index (χ4n) is 4.07. The van der Waals surface area contributed by atoms with Gasteiger partial charge in [0.25, 0.3) is 0 Å². The third-order valence-corrected chi connectivity index (χ3v) is 5.69. The largest absolute Gasteiger partial charge is 0.396 e. The summed E-state index contributed by atoms with van der Waals surface area (Å²) >= 11 is 0. The van der Waals surface area contributed by atoms with Crippen LogP contribution in [-0.4, -0.2) is 42.5 Å². The number of nitrogens with one attached hydrogen (secondary N) is 2. The fraction of sp³-hybridized carbons (Fsp3) is 0.938. The van der Waals surface area contributed by atoms with Crippen molar-refractivity contribution < 1.29 is 14.6 Å². The fourth-order valence-corrected chi connectivity index (χ4v) is 4.07. The van der Waals surface area contributed by atoms with E-state index in [9.17, 15) is 4.79 Å². The van der Waals surface area contributed by atoms with E-state index >= 15 is 0 Å². The molecule has 2 amide bonds. The van der Waals surface area contributed by atoms with Crippen LogP contribution >= 0.6 is 0 Å². The van der Waals surface area contributed by atoms with E-state index in [1.807, 2.05) is 6.92 Å². The Labute approximate surface area is 126 Å². The zero-order valence-corrected chi connectivity index (χ0v) is 12.9. The van der Waals surface area contributed by atoms with Crippen LogP contribution in [-0.2, 0) is 4.74 Å². The molecule has 0 aliphatic heterocycles. The summed E-state index contributed by atoms with van der Waals surface area (Å²) in [6, 6.07) is 0.332. The summed E-state index contributed by atoms with van der Waals surface area (Å²) in [7, 11) is 0. The third kappa shape index (κ3) is 2.90. The average Bonchev–Trinajstić information content (AvgIpc) is 3.19. The zero-order chi connectivity index (χ0) is 14.9. The SMILES string of the molecule is CCO[C@@H]1C[C@H](NC(=O)N[C@H](CCO)C2CC2)C12CCC2. The molecule has 3 N–H and O–H groups in total. The summed E-state index contributed by atoms with van der Waals surface area (Å²) in [5.74, 6) is 0.568. The topological polar surface area (TPSA) is 70.6 Å². The second kappa shape index (κ2) is 6.13. The highest BCUT2D eigenvalue weighted by Crippen LogP contribution is 2.57. The van der Waals surface area contributed by atoms with E-state index in [0.717, 1.165) is 13.0 Å². The lowest BCUT2D eigenvalue weighted by Crippen LogP contribution is -2.68. The van der Waals surface area contributed by atoms with Crippen LogP contribution < -0.4 is 10.6 Å². The quantitative estimate of drug-likeness (QED) is 0.671. The van der Waals surface area contributed by atoms with Crippen LogP contribution in [0.2, 0.25) is 0 Å². The summed E-state index contributed by atoms with van der Waals surface area (Å²) in [4.78, 5) is 12.2. The Bertz CT molecular complexity index is 380. The Morgan fingerprint density at radius 2 is 2.19 bits per heavy atom. The number of rotatable bonds is 7. The molecule has 0 unspecified atom stereocenters. The van der Waals surface area contributed by atoms with Gasteiger partial charge in [0.1, 0.15) is 0 Å². The lowest BCUT2D eigenvalue weighted by molar-refractivity contribution is -0.169. The summed E-state index contributed by atoms with van der Waals surface area (Å²) in [5, 5.41) is 15.3. The van der Waals surface area contributed by atoms with Gasteiger partial charge in [-0.2, -0.15) is 0 Å². The van der Waals surface area contributed by atoms with Crippen LogP contribution in [0.15, 0.2) is 0 Å². The van der Waals surface area contributed by atoms with Crippen LogP contribution in [0.4, 0.5) is 4.79 Å². The molecule has 0 saturated heterocycles. The van der Waals surface area contributed by atoms with Crippen LogP contribution in [0, 0.1) is 11.3 Å². The van der Waals surface area contributed by atoms with Crippen LogP contribution in [0.1, 0.15) is 51.9 Å². The molecule has 0 aromatic rings. The van der Waals surface area contributed by atoms with Gasteiger partial charge in [-0.3, -0.25) is 0 Å². The number of amides is 2. The van der Waals surface area contributed by atoms with Crippen molar-refractivity contribution in [2.45, 2.75) is 70.1 Å². The Balaban J connectivity index is 1.48. The second-order valence-corrected chi connectivity index (χ2v) is 6.89. The van der Waals surface area contributed by atoms with Gasteiger partial charge in [-0.05, 0) is 51.4 Å². The first-order valence-corrected chi connectivity index (χ1v) is 8.49. The highest BCUT2D eigenvalue weighted by atomic mass is 16.5. The monoisotopic (exact) mass is 296 g/mol. The number of aliphatic hydroxyl groups is 1. The van der Waals surface area contributed by atoms with Crippen molar-refractivity contribution in [1.29, 1.82) is 0 Å². The van der Waals surface area contributed by atoms with Crippen LogP contribution in [0.5, 0.6) is 0 Å². The highest BCUT2D eigenvalue weighted by molar-refractivity contribution is 5.75. The first-order valence-electron chi connectivity index (χ1n) is 8.49. The summed E-state index contributed by atoms with van der Waals surface area (Å²) < 4.78 is 5.81. The van der Waals surface area contributed by atoms with Crippen LogP contribution in [0.3, 0.4) is 0 Å². The Hall–Kier alpha value is -0.810. The number of hydrogen-bond donors (Lipinski definition) is 3. The van der Waals surface area contributed by atoms with Crippen molar-refractivity contribution in [2.24, 2.45) is 11.3 Å². The van der Waals surface area contributed by atoms with E-state index in [1.54, 1.807) is 0 Å². The number of hydrogen-bond acceptors (Lipinski definition) is 3. The Morgan fingerprint density at radius 1 is 1.43 bits per heavy atom. The molecule has 3 aliphatic rings. The van der Waals surface area contributed by atoms with E-state index in [1.165, 1.54) is 32.1 Å². The van der Waals surface area contributed by atoms with Gasteiger partial charge in [0.05, 0.1) is 6.10 Å². The number of ether oxygens (including phenoxy) is 1. The van der Waals surface area contributed by atoms with E-state index in [2.05, 4.69) is 10.6 Å². The smallest absolute Gasteiger partial charge is 0.315 e. The maximum atomic E-state index is 12.2. The Kier molecular flexibility index (Phi) is 4.41. The molecule has 3 aliphatic carbocycles. The van der Waals surface area contributed by atoms with E-state index in [-0.39, 0.29) is 30.1 Å². The van der Waals surface area contributed by atoms with Gasteiger partial charge < -0.3 is 20.5 Å². The van der Waals surface area contributed by atoms with Crippen molar-refractivity contribution in [3.8, 4) is 0 Å². The molecule has 120 valence electrons. The van der Waals surface area contributed by atoms with Gasteiger partial charge in [-0.15, -0.1) is 0 Å². The molecule has 0 aromatic carbocycles. The van der Waals surface area contributed by atoms with Gasteiger partial charge in [0.2, 0.25) is 0 Å². The van der Waals surface area contributed by atoms with Crippen LogP contribution in [0.25, 0.3) is 0 Å². The first kappa shape index (κ1) is 15.1. The van der Waals surface area contributed by atoms with Crippen molar-refractivity contribution in [3.05, 3.63) is 0 Å². The van der Waals surface area contributed by atoms with Gasteiger partial charge >= 0.3 is 6.03 Å². The lowest BCUT2D eigenvalue weighted by atomic mass is 9.51. The molecule has 3 fully saturated rings. The molecular formula is C16H28N2O3. The molecule has 1 spiro atoms. The van der Waals surface area contributed by atoms with Crippen molar-refractivity contribution in [3.63, 3.8) is 0 Å². The predicted molar refractivity (Wildman–Crippen MR) is 80.0 cm³/mol. The number of carbonyl (C=O) groups excluding carboxylic acids is 1. The maximum absolute atomic E-state index is 12.2. The van der Waals surface area contributed by atoms with Crippen molar-refractivity contribution >= 4 is 6.03 Å². The summed E-state index contributed by atoms with van der Waals surface area (Å²) in [6.07, 6.45) is 7.87. The van der Waals surface area contributed by atoms with E-state index < -0.39 is 0 Å². The lowest BCUT2D eigenvalue weighted by Gasteiger charge is -2.60. The maximum Gasteiger partial charge on any atom is 0.315 e. The minimum atomic E-state index is -0.0634. The molecule has 0 heterocycles. The molecular weight excluding hydrogens is 268 g/mol. The number of carbonyl (C=O) groups is 1. The van der Waals surface area contributed by atoms with E-state index in [0.29, 0.717) is 18.4 Å². The highest BCUT2D eigenvalue weighted by Gasteiger charge is 2.59. The van der Waals surface area contributed by atoms with Gasteiger partial charge in [0.15, 0.2) is 0 Å². The molecule has 3 saturated carbocycles. The molecule has 0 aromatic heterocycles. The molecule has 0 radical (unpaired) electrons. The molecule has 5 heteroatoms. The molecule has 5 nitrogen and oxygen atoms in total. The van der Waals surface area contributed by atoms with Gasteiger partial charge in [0, 0.05) is 30.7 Å². The second-order valence-electron chi connectivity index (χ2n) is 6.89. The minimum Gasteiger partial charge on any atom is -0.396 e. The van der Waals surface area contributed by atoms with Gasteiger partial charge in [-0.1, -0.05) is 6.42 Å². The summed E-state index contributed by atoms with van der Waals surface area (Å²) in [6.45, 7) is 2.93. The molecule has 0 bridgehead atoms. The Morgan fingerprint density at radius 3 is 2.71 bits per heavy atom. The normalized spacial score (nSPS) is 31.1. The minimum absolute atomic E-state index is 0.0634. The molecule has 21 heavy (non-hydrogen) atoms. The standard InChI is InChI=1S/C16H28N2O3/c1-2-21-14-10-13(16(14)7-3-8-16)18-15(20)17-12(6-9-19)11-4-5-11/h11-14,19H,2-10H2,1H3,(H2,17,18,20)/t12-,13+,14-/m1/s1. The van der Waals surface area contributed by atoms with E-state index in [4.69, 9.17) is 9.84 Å². The summed E-state index contributed by atoms with van der Waals surface area (Å²) in [5.41, 5.74) is 0.208. The van der Waals surface area contributed by atoms with Crippen molar-refractivity contribution in [2.75, 3.05) is 13.2 Å². The zero-order valence-electron chi connectivity index (χ0n) is 12.9. The first-order chi connectivity index (χ1) is 10.2. The third-order valence-electron chi connectivity index (χ3n) is 5.69. The molecule has 3 rings (SSSR count). The van der Waals surface area contributed by atoms with Gasteiger partial charge in [-0.25, -0.2) is 4.79 Å². The predicted octanol–water partition coefficient (Wildman–Crippen LogP) is 1.79. The van der Waals surface area contributed by atoms with Crippen molar-refractivity contribution in [1.82, 2.24) is 10.6 Å². The average molecular weight is 296 g/mol. The number of aliphatic hydroxyl groups excluding tert-OH is 1. The number of urea groups is 1. The molecule has 3 atom stereocenters.